The highest BCUT2D eigenvalue weighted by Gasteiger charge is 2.12. The number of Topliss-reactive ketones (excluding diaryl/α,β-unsaturated/α-hetero) is 1. The van der Waals surface area contributed by atoms with E-state index in [0.717, 1.165) is 35.8 Å². The highest BCUT2D eigenvalue weighted by molar-refractivity contribution is 5.97. The summed E-state index contributed by atoms with van der Waals surface area (Å²) in [6.07, 6.45) is 2.71. The minimum atomic E-state index is -0.291. The second-order valence-electron chi connectivity index (χ2n) is 6.33. The molecule has 0 N–H and O–H groups in total. The van der Waals surface area contributed by atoms with Crippen molar-refractivity contribution in [3.63, 3.8) is 0 Å². The molecule has 4 heteroatoms. The lowest BCUT2D eigenvalue weighted by molar-refractivity contribution is 0.0921. The molecule has 0 aliphatic rings. The molecule has 3 rings (SSSR count). The van der Waals surface area contributed by atoms with Crippen molar-refractivity contribution in [2.45, 2.75) is 33.1 Å². The number of ether oxygens (including phenoxy) is 1. The average molecular weight is 350 g/mol. The largest absolute Gasteiger partial charge is 0.485 e. The summed E-state index contributed by atoms with van der Waals surface area (Å²) in [6, 6.07) is 14.4. The van der Waals surface area contributed by atoms with E-state index in [1.165, 1.54) is 0 Å². The Morgan fingerprint density at radius 3 is 2.62 bits per heavy atom. The summed E-state index contributed by atoms with van der Waals surface area (Å²) in [7, 11) is 0. The molecule has 0 saturated carbocycles. The van der Waals surface area contributed by atoms with Crippen LogP contribution in [0.4, 0.5) is 0 Å². The van der Waals surface area contributed by atoms with Gasteiger partial charge in [-0.25, -0.2) is 4.79 Å². The molecule has 0 bridgehead atoms. The first kappa shape index (κ1) is 17.9. The number of hydrogen-bond acceptors (Lipinski definition) is 4. The van der Waals surface area contributed by atoms with Crippen molar-refractivity contribution in [2.75, 3.05) is 6.61 Å². The van der Waals surface area contributed by atoms with Gasteiger partial charge in [0.1, 0.15) is 11.3 Å². The van der Waals surface area contributed by atoms with Gasteiger partial charge in [-0.3, -0.25) is 4.79 Å². The number of ketones is 1. The smallest absolute Gasteiger partial charge is 0.339 e. The Hall–Kier alpha value is -2.88. The summed E-state index contributed by atoms with van der Waals surface area (Å²) in [6.45, 7) is 3.98. The molecule has 0 fully saturated rings. The maximum Gasteiger partial charge on any atom is 0.339 e. The fourth-order valence-corrected chi connectivity index (χ4v) is 2.96. The molecular formula is C22H22O4. The van der Waals surface area contributed by atoms with Gasteiger partial charge in [0, 0.05) is 22.6 Å². The van der Waals surface area contributed by atoms with Crippen LogP contribution < -0.4 is 10.4 Å². The highest BCUT2D eigenvalue weighted by atomic mass is 16.5. The number of benzene rings is 2. The van der Waals surface area contributed by atoms with Gasteiger partial charge in [0.15, 0.2) is 12.4 Å². The fraction of sp³-hybridized carbons (Fsp3) is 0.273. The van der Waals surface area contributed by atoms with Crippen LogP contribution in [0.15, 0.2) is 57.7 Å². The molecule has 3 aromatic rings. The molecule has 0 atom stereocenters. The third-order valence-corrected chi connectivity index (χ3v) is 4.50. The molecule has 4 nitrogen and oxygen atoms in total. The van der Waals surface area contributed by atoms with Crippen LogP contribution in [0.2, 0.25) is 0 Å². The Morgan fingerprint density at radius 1 is 1.12 bits per heavy atom. The van der Waals surface area contributed by atoms with Crippen molar-refractivity contribution in [3.05, 3.63) is 75.6 Å². The van der Waals surface area contributed by atoms with Gasteiger partial charge < -0.3 is 9.15 Å². The molecule has 0 unspecified atom stereocenters. The van der Waals surface area contributed by atoms with Gasteiger partial charge >= 0.3 is 5.63 Å². The van der Waals surface area contributed by atoms with Gasteiger partial charge in [0.25, 0.3) is 0 Å². The van der Waals surface area contributed by atoms with Crippen LogP contribution >= 0.6 is 0 Å². The van der Waals surface area contributed by atoms with Gasteiger partial charge in [-0.15, -0.1) is 0 Å². The Balaban J connectivity index is 1.81. The van der Waals surface area contributed by atoms with Gasteiger partial charge in [-0.2, -0.15) is 0 Å². The van der Waals surface area contributed by atoms with E-state index in [0.29, 0.717) is 16.9 Å². The molecule has 0 spiro atoms. The Bertz CT molecular complexity index is 971. The van der Waals surface area contributed by atoms with Crippen molar-refractivity contribution in [3.8, 4) is 5.75 Å². The predicted molar refractivity (Wildman–Crippen MR) is 102 cm³/mol. The zero-order valence-corrected chi connectivity index (χ0v) is 15.1. The topological polar surface area (TPSA) is 56.5 Å². The number of aryl methyl sites for hydroxylation is 1. The van der Waals surface area contributed by atoms with Crippen LogP contribution in [0.5, 0.6) is 5.75 Å². The second kappa shape index (κ2) is 8.00. The summed E-state index contributed by atoms with van der Waals surface area (Å²) in [5, 5.41) is 0.900. The van der Waals surface area contributed by atoms with Crippen molar-refractivity contribution in [2.24, 2.45) is 0 Å². The number of carbonyl (C=O) groups excluding carboxylic acids is 1. The molecule has 2 aromatic carbocycles. The SMILES string of the molecule is CCCCc1c(C)c2ccc(OCC(=O)c3ccccc3)cc2oc1=O. The van der Waals surface area contributed by atoms with Gasteiger partial charge in [0.05, 0.1) is 0 Å². The van der Waals surface area contributed by atoms with E-state index in [9.17, 15) is 9.59 Å². The molecule has 134 valence electrons. The first-order chi connectivity index (χ1) is 12.6. The van der Waals surface area contributed by atoms with Crippen molar-refractivity contribution < 1.29 is 13.9 Å². The van der Waals surface area contributed by atoms with Crippen LogP contribution in [0.3, 0.4) is 0 Å². The zero-order valence-electron chi connectivity index (χ0n) is 15.1. The number of unbranched alkanes of at least 4 members (excludes halogenated alkanes) is 1. The van der Waals surface area contributed by atoms with Gasteiger partial charge in [0.2, 0.25) is 0 Å². The Morgan fingerprint density at radius 2 is 1.88 bits per heavy atom. The Labute approximate surface area is 152 Å². The van der Waals surface area contributed by atoms with E-state index >= 15 is 0 Å². The monoisotopic (exact) mass is 350 g/mol. The summed E-state index contributed by atoms with van der Waals surface area (Å²) in [5.74, 6) is 0.406. The molecule has 0 saturated heterocycles. The lowest BCUT2D eigenvalue weighted by atomic mass is 10.0. The van der Waals surface area contributed by atoms with Crippen LogP contribution in [0, 0.1) is 6.92 Å². The van der Waals surface area contributed by atoms with Gasteiger partial charge in [-0.05, 0) is 37.5 Å². The Kier molecular flexibility index (Phi) is 5.52. The second-order valence-corrected chi connectivity index (χ2v) is 6.33. The summed E-state index contributed by atoms with van der Waals surface area (Å²) in [4.78, 5) is 24.4. The quantitative estimate of drug-likeness (QED) is 0.457. The molecular weight excluding hydrogens is 328 g/mol. The normalized spacial score (nSPS) is 10.8. The summed E-state index contributed by atoms with van der Waals surface area (Å²) < 4.78 is 11.1. The van der Waals surface area contributed by atoms with Crippen LogP contribution in [-0.4, -0.2) is 12.4 Å². The van der Waals surface area contributed by atoms with Crippen molar-refractivity contribution >= 4 is 16.8 Å². The van der Waals surface area contributed by atoms with Crippen molar-refractivity contribution in [1.82, 2.24) is 0 Å². The van der Waals surface area contributed by atoms with Gasteiger partial charge in [-0.1, -0.05) is 43.7 Å². The standard InChI is InChI=1S/C22H22O4/c1-3-4-10-19-15(2)18-12-11-17(13-21(18)26-22(19)24)25-14-20(23)16-8-6-5-7-9-16/h5-9,11-13H,3-4,10,14H2,1-2H3. The van der Waals surface area contributed by atoms with E-state index < -0.39 is 0 Å². The van der Waals surface area contributed by atoms with E-state index in [4.69, 9.17) is 9.15 Å². The minimum Gasteiger partial charge on any atom is -0.485 e. The summed E-state index contributed by atoms with van der Waals surface area (Å²) >= 11 is 0. The molecule has 0 aliphatic heterocycles. The first-order valence-corrected chi connectivity index (χ1v) is 8.87. The van der Waals surface area contributed by atoms with Crippen LogP contribution in [-0.2, 0) is 6.42 Å². The third kappa shape index (κ3) is 3.85. The van der Waals surface area contributed by atoms with E-state index in [-0.39, 0.29) is 18.0 Å². The van der Waals surface area contributed by atoms with E-state index in [2.05, 4.69) is 6.92 Å². The summed E-state index contributed by atoms with van der Waals surface area (Å²) in [5.41, 5.74) is 2.50. The predicted octanol–water partition coefficient (Wildman–Crippen LogP) is 4.71. The van der Waals surface area contributed by atoms with Crippen molar-refractivity contribution in [1.29, 1.82) is 0 Å². The zero-order chi connectivity index (χ0) is 18.5. The average Bonchev–Trinajstić information content (AvgIpc) is 2.66. The number of rotatable bonds is 7. The maximum atomic E-state index is 12.3. The molecule has 0 amide bonds. The molecule has 0 aliphatic carbocycles. The van der Waals surface area contributed by atoms with E-state index in [1.807, 2.05) is 31.2 Å². The third-order valence-electron chi connectivity index (χ3n) is 4.50. The molecule has 0 radical (unpaired) electrons. The lowest BCUT2D eigenvalue weighted by Crippen LogP contribution is -2.12. The van der Waals surface area contributed by atoms with Crippen LogP contribution in [0.25, 0.3) is 11.0 Å². The molecule has 26 heavy (non-hydrogen) atoms. The maximum absolute atomic E-state index is 12.3. The molecule has 1 aromatic heterocycles. The van der Waals surface area contributed by atoms with E-state index in [1.54, 1.807) is 24.3 Å². The number of hydrogen-bond donors (Lipinski definition) is 0. The fourth-order valence-electron chi connectivity index (χ4n) is 2.96. The van der Waals surface area contributed by atoms with Crippen LogP contribution in [0.1, 0.15) is 41.3 Å². The number of fused-ring (bicyclic) bond motifs is 1. The minimum absolute atomic E-state index is 0.0622. The first-order valence-electron chi connectivity index (χ1n) is 8.87. The lowest BCUT2D eigenvalue weighted by Gasteiger charge is -2.10. The molecule has 1 heterocycles. The number of carbonyl (C=O) groups is 1. The highest BCUT2D eigenvalue weighted by Crippen LogP contribution is 2.25.